The molecule has 1 fully saturated rings. The highest BCUT2D eigenvalue weighted by Gasteiger charge is 2.67. The van der Waals surface area contributed by atoms with E-state index in [4.69, 9.17) is 58.0 Å². The van der Waals surface area contributed by atoms with Crippen molar-refractivity contribution in [3.63, 3.8) is 0 Å². The van der Waals surface area contributed by atoms with Gasteiger partial charge in [0.05, 0.1) is 29.5 Å². The maximum absolute atomic E-state index is 12.9. The molecule has 14 heteroatoms. The van der Waals surface area contributed by atoms with Crippen LogP contribution in [0.5, 0.6) is 0 Å². The molecule has 2 unspecified atom stereocenters. The number of halogens is 8. The molecule has 2 aromatic rings. The fourth-order valence-electron chi connectivity index (χ4n) is 3.48. The van der Waals surface area contributed by atoms with E-state index in [0.29, 0.717) is 15.6 Å². The Balaban J connectivity index is 1.62. The summed E-state index contributed by atoms with van der Waals surface area (Å²) < 4.78 is 35.1. The van der Waals surface area contributed by atoms with Gasteiger partial charge in [0, 0.05) is 28.2 Å². The van der Waals surface area contributed by atoms with Crippen molar-refractivity contribution in [3.8, 4) is 0 Å². The zero-order chi connectivity index (χ0) is 26.8. The van der Waals surface area contributed by atoms with Gasteiger partial charge in [0.25, 0.3) is 5.91 Å². The van der Waals surface area contributed by atoms with E-state index in [-0.39, 0.29) is 16.3 Å². The summed E-state index contributed by atoms with van der Waals surface area (Å²) in [7, 11) is 0. The van der Waals surface area contributed by atoms with E-state index in [9.17, 15) is 27.6 Å². The Labute approximate surface area is 228 Å². The Kier molecular flexibility index (Phi) is 8.94. The molecule has 0 aliphatic heterocycles. The topological polar surface area (TPSA) is 87.3 Å². The minimum Gasteiger partial charge on any atom is -0.354 e. The second kappa shape index (κ2) is 11.2. The number of benzene rings is 2. The molecule has 0 heterocycles. The first-order valence-electron chi connectivity index (χ1n) is 10.2. The Morgan fingerprint density at radius 1 is 0.944 bits per heavy atom. The minimum atomic E-state index is -4.41. The van der Waals surface area contributed by atoms with Crippen LogP contribution < -0.4 is 16.0 Å². The van der Waals surface area contributed by atoms with Gasteiger partial charge < -0.3 is 16.0 Å². The number of hydrogen-bond donors (Lipinski definition) is 3. The van der Waals surface area contributed by atoms with Crippen LogP contribution in [0.3, 0.4) is 0 Å². The van der Waals surface area contributed by atoms with Crippen LogP contribution in [-0.2, 0) is 9.59 Å². The Hall–Kier alpha value is -1.91. The highest BCUT2D eigenvalue weighted by Crippen LogP contribution is 2.65. The van der Waals surface area contributed by atoms with Gasteiger partial charge in [0.2, 0.25) is 11.8 Å². The zero-order valence-electron chi connectivity index (χ0n) is 18.0. The molecule has 2 atom stereocenters. The first-order chi connectivity index (χ1) is 16.7. The van der Waals surface area contributed by atoms with Crippen molar-refractivity contribution in [1.82, 2.24) is 10.6 Å². The summed E-state index contributed by atoms with van der Waals surface area (Å²) >= 11 is 30.8. The molecule has 0 bridgehead atoms. The average molecular weight is 606 g/mol. The van der Waals surface area contributed by atoms with Gasteiger partial charge in [-0.15, -0.1) is 23.2 Å². The molecule has 2 aromatic carbocycles. The molecule has 0 radical (unpaired) electrons. The lowest BCUT2D eigenvalue weighted by molar-refractivity contribution is -0.135. The normalized spacial score (nSPS) is 18.3. The number of rotatable bonds is 8. The van der Waals surface area contributed by atoms with Crippen LogP contribution in [0.15, 0.2) is 36.4 Å². The van der Waals surface area contributed by atoms with E-state index in [2.05, 4.69) is 10.6 Å². The van der Waals surface area contributed by atoms with Gasteiger partial charge in [0.15, 0.2) is 0 Å². The molecule has 1 aliphatic rings. The number of hydrogen-bond acceptors (Lipinski definition) is 3. The standard InChI is InChI=1S/C22H17Cl5F3N3O3/c23-11-5-10(6-12(24)7-11)17-18(22(17,26)27)20(36)33-13-1-2-15(25)14(8-13)19(35)32-9-16(34)31-4-3-21(28,29)30/h1-2,5-8,17-18H,3-4,9H2,(H,31,34)(H,32,35)(H,33,36). The van der Waals surface area contributed by atoms with E-state index in [1.807, 2.05) is 5.32 Å². The molecule has 6 nitrogen and oxygen atoms in total. The fraction of sp³-hybridized carbons (Fsp3) is 0.318. The maximum Gasteiger partial charge on any atom is 0.390 e. The molecular formula is C22H17Cl5F3N3O3. The summed E-state index contributed by atoms with van der Waals surface area (Å²) in [6.07, 6.45) is -5.61. The molecule has 3 rings (SSSR count). The summed E-state index contributed by atoms with van der Waals surface area (Å²) in [5.74, 6) is -3.54. The maximum atomic E-state index is 12.9. The van der Waals surface area contributed by atoms with Crippen molar-refractivity contribution in [3.05, 3.63) is 62.6 Å². The number of carbonyl (C=O) groups excluding carboxylic acids is 3. The van der Waals surface area contributed by atoms with Crippen LogP contribution >= 0.6 is 58.0 Å². The van der Waals surface area contributed by atoms with Crippen LogP contribution in [0, 0.1) is 5.92 Å². The highest BCUT2D eigenvalue weighted by atomic mass is 35.5. The fourth-order valence-corrected chi connectivity index (χ4v) is 5.06. The van der Waals surface area contributed by atoms with Gasteiger partial charge in [-0.25, -0.2) is 0 Å². The summed E-state index contributed by atoms with van der Waals surface area (Å²) in [6.45, 7) is -1.19. The quantitative estimate of drug-likeness (QED) is 0.324. The molecule has 0 saturated heterocycles. The molecule has 36 heavy (non-hydrogen) atoms. The van der Waals surface area contributed by atoms with Gasteiger partial charge in [-0.2, -0.15) is 13.2 Å². The van der Waals surface area contributed by atoms with Crippen LogP contribution in [0.2, 0.25) is 15.1 Å². The van der Waals surface area contributed by atoms with Gasteiger partial charge in [-0.05, 0) is 42.0 Å². The number of carbonyl (C=O) groups is 3. The molecule has 194 valence electrons. The van der Waals surface area contributed by atoms with Gasteiger partial charge in [-0.3, -0.25) is 14.4 Å². The van der Waals surface area contributed by atoms with Crippen LogP contribution in [0.25, 0.3) is 0 Å². The van der Waals surface area contributed by atoms with E-state index < -0.39 is 59.6 Å². The van der Waals surface area contributed by atoms with Crippen molar-refractivity contribution in [2.24, 2.45) is 5.92 Å². The summed E-state index contributed by atoms with van der Waals surface area (Å²) in [5.41, 5.74) is 0.708. The van der Waals surface area contributed by atoms with Crippen molar-refractivity contribution in [2.75, 3.05) is 18.4 Å². The number of amides is 3. The van der Waals surface area contributed by atoms with Crippen molar-refractivity contribution in [2.45, 2.75) is 22.8 Å². The molecule has 0 aromatic heterocycles. The number of alkyl halides is 5. The lowest BCUT2D eigenvalue weighted by Crippen LogP contribution is -2.38. The van der Waals surface area contributed by atoms with E-state index in [1.165, 1.54) is 24.3 Å². The van der Waals surface area contributed by atoms with Crippen LogP contribution in [-0.4, -0.2) is 41.3 Å². The van der Waals surface area contributed by atoms with Crippen molar-refractivity contribution >= 4 is 81.4 Å². The van der Waals surface area contributed by atoms with E-state index >= 15 is 0 Å². The zero-order valence-corrected chi connectivity index (χ0v) is 21.8. The van der Waals surface area contributed by atoms with E-state index in [0.717, 1.165) is 0 Å². The Morgan fingerprint density at radius 2 is 1.58 bits per heavy atom. The second-order valence-corrected chi connectivity index (χ2v) is 10.6. The number of anilines is 1. The largest absolute Gasteiger partial charge is 0.390 e. The van der Waals surface area contributed by atoms with Crippen LogP contribution in [0.4, 0.5) is 18.9 Å². The molecule has 1 aliphatic carbocycles. The lowest BCUT2D eigenvalue weighted by atomic mass is 10.1. The van der Waals surface area contributed by atoms with Gasteiger partial charge in [-0.1, -0.05) is 34.8 Å². The smallest absolute Gasteiger partial charge is 0.354 e. The van der Waals surface area contributed by atoms with Crippen LogP contribution in [0.1, 0.15) is 28.3 Å². The first kappa shape index (κ1) is 28.7. The first-order valence-corrected chi connectivity index (χ1v) is 12.1. The predicted molar refractivity (Wildman–Crippen MR) is 133 cm³/mol. The Morgan fingerprint density at radius 3 is 2.19 bits per heavy atom. The molecule has 0 spiro atoms. The van der Waals surface area contributed by atoms with Gasteiger partial charge in [0.1, 0.15) is 4.33 Å². The molecule has 3 N–H and O–H groups in total. The SMILES string of the molecule is O=C(CNC(=O)c1cc(NC(=O)C2C(c3cc(Cl)cc(Cl)c3)C2(Cl)Cl)ccc1Cl)NCCC(F)(F)F. The Bertz CT molecular complexity index is 1170. The monoisotopic (exact) mass is 603 g/mol. The van der Waals surface area contributed by atoms with Gasteiger partial charge >= 0.3 is 6.18 Å². The predicted octanol–water partition coefficient (Wildman–Crippen LogP) is 5.97. The summed E-state index contributed by atoms with van der Waals surface area (Å²) in [6, 6.07) is 8.81. The summed E-state index contributed by atoms with van der Waals surface area (Å²) in [5, 5.41) is 7.65. The molecular weight excluding hydrogens is 589 g/mol. The number of nitrogens with one attached hydrogen (secondary N) is 3. The van der Waals surface area contributed by atoms with E-state index in [1.54, 1.807) is 12.1 Å². The second-order valence-electron chi connectivity index (χ2n) is 7.91. The highest BCUT2D eigenvalue weighted by molar-refractivity contribution is 6.53. The lowest BCUT2D eigenvalue weighted by Gasteiger charge is -2.11. The van der Waals surface area contributed by atoms with Crippen molar-refractivity contribution < 1.29 is 27.6 Å². The third-order valence-corrected chi connectivity index (χ3v) is 6.91. The third kappa shape index (κ3) is 7.32. The van der Waals surface area contributed by atoms with Crippen molar-refractivity contribution in [1.29, 1.82) is 0 Å². The minimum absolute atomic E-state index is 0.0184. The average Bonchev–Trinajstić information content (AvgIpc) is 3.34. The molecule has 3 amide bonds. The summed E-state index contributed by atoms with van der Waals surface area (Å²) in [4.78, 5) is 37.0. The molecule has 1 saturated carbocycles. The third-order valence-electron chi connectivity index (χ3n) is 5.20.